The summed E-state index contributed by atoms with van der Waals surface area (Å²) in [6, 6.07) is 6.67. The second kappa shape index (κ2) is 11.1. The lowest BCUT2D eigenvalue weighted by Gasteiger charge is -2.45. The van der Waals surface area contributed by atoms with Crippen LogP contribution in [0.1, 0.15) is 49.7 Å². The van der Waals surface area contributed by atoms with Gasteiger partial charge in [-0.15, -0.1) is 0 Å². The van der Waals surface area contributed by atoms with Gasteiger partial charge in [-0.2, -0.15) is 18.3 Å². The average molecular weight is 596 g/mol. The molecule has 3 aliphatic heterocycles. The molecule has 1 N–H and O–H groups in total. The highest BCUT2D eigenvalue weighted by Crippen LogP contribution is 2.41. The molecule has 0 amide bonds. The van der Waals surface area contributed by atoms with Gasteiger partial charge in [-0.25, -0.2) is 8.42 Å². The summed E-state index contributed by atoms with van der Waals surface area (Å²) in [4.78, 5) is 9.51. The smallest absolute Gasteiger partial charge is 0.369 e. The third-order valence-corrected chi connectivity index (χ3v) is 9.88. The lowest BCUT2D eigenvalue weighted by Crippen LogP contribution is -2.52. The van der Waals surface area contributed by atoms with Gasteiger partial charge in [-0.1, -0.05) is 6.07 Å². The van der Waals surface area contributed by atoms with E-state index in [1.165, 1.54) is 25.0 Å². The zero-order chi connectivity index (χ0) is 28.8. The van der Waals surface area contributed by atoms with Crippen LogP contribution < -0.4 is 9.62 Å². The fourth-order valence-electron chi connectivity index (χ4n) is 6.95. The number of aromatic nitrogens is 2. The van der Waals surface area contributed by atoms with Crippen LogP contribution in [-0.4, -0.2) is 96.5 Å². The average Bonchev–Trinajstić information content (AvgIpc) is 3.58. The van der Waals surface area contributed by atoms with Crippen LogP contribution in [-0.2, 0) is 29.4 Å². The molecule has 1 aromatic carbocycles. The summed E-state index contributed by atoms with van der Waals surface area (Å²) in [6.07, 6.45) is 5.16. The Balaban J connectivity index is 1.13. The predicted octanol–water partition coefficient (Wildman–Crippen LogP) is 3.65. The number of piperazine rings is 1. The number of likely N-dealkylation sites (tertiary alicyclic amines) is 2. The van der Waals surface area contributed by atoms with Gasteiger partial charge in [0, 0.05) is 75.3 Å². The maximum Gasteiger partial charge on any atom is 0.416 e. The monoisotopic (exact) mass is 595 g/mol. The van der Waals surface area contributed by atoms with Crippen LogP contribution in [0, 0.1) is 0 Å². The Hall–Kier alpha value is -2.35. The Labute approximate surface area is 240 Å². The third kappa shape index (κ3) is 6.68. The number of sulfonamides is 1. The van der Waals surface area contributed by atoms with E-state index >= 15 is 0 Å². The van der Waals surface area contributed by atoms with E-state index in [4.69, 9.17) is 0 Å². The van der Waals surface area contributed by atoms with Gasteiger partial charge >= 0.3 is 6.18 Å². The number of anilines is 2. The number of alkyl halides is 3. The molecule has 4 aliphatic rings. The molecule has 0 radical (unpaired) electrons. The fraction of sp³-hybridized carbons (Fsp3) is 0.679. The molecule has 4 fully saturated rings. The van der Waals surface area contributed by atoms with Crippen molar-refractivity contribution < 1.29 is 21.6 Å². The van der Waals surface area contributed by atoms with Crippen molar-refractivity contribution in [2.75, 3.05) is 61.7 Å². The summed E-state index contributed by atoms with van der Waals surface area (Å²) in [5.41, 5.74) is 1.21. The van der Waals surface area contributed by atoms with Gasteiger partial charge in [-0.05, 0) is 62.8 Å². The SMILES string of the molecule is CS(=O)(=O)Nc1ccn(CN2CCC3(CCCN3Cc3ccc(C(F)(F)F)cc3N3CCN(C4CC4)CC3)CC2)n1. The molecule has 0 unspecified atom stereocenters. The molecule has 1 aromatic heterocycles. The number of benzene rings is 1. The summed E-state index contributed by atoms with van der Waals surface area (Å²) in [5, 5.41) is 4.33. The molecule has 2 aromatic rings. The van der Waals surface area contributed by atoms with Gasteiger partial charge in [0.25, 0.3) is 0 Å². The molecule has 4 heterocycles. The summed E-state index contributed by atoms with van der Waals surface area (Å²) < 4.78 is 68.3. The highest BCUT2D eigenvalue weighted by atomic mass is 32.2. The summed E-state index contributed by atoms with van der Waals surface area (Å²) in [6.45, 7) is 7.31. The van der Waals surface area contributed by atoms with Crippen molar-refractivity contribution >= 4 is 21.5 Å². The first-order valence-electron chi connectivity index (χ1n) is 14.7. The van der Waals surface area contributed by atoms with Gasteiger partial charge in [0.1, 0.15) is 0 Å². The molecular formula is C28H40F3N7O2S. The molecule has 1 saturated carbocycles. The van der Waals surface area contributed by atoms with Crippen molar-refractivity contribution in [3.05, 3.63) is 41.6 Å². The Morgan fingerprint density at radius 2 is 1.73 bits per heavy atom. The largest absolute Gasteiger partial charge is 0.416 e. The van der Waals surface area contributed by atoms with Crippen molar-refractivity contribution in [2.45, 2.75) is 69.5 Å². The minimum atomic E-state index is -4.36. The molecule has 0 atom stereocenters. The highest BCUT2D eigenvalue weighted by molar-refractivity contribution is 7.92. The summed E-state index contributed by atoms with van der Waals surface area (Å²) in [5.74, 6) is 0.309. The first-order valence-corrected chi connectivity index (χ1v) is 16.5. The van der Waals surface area contributed by atoms with Crippen molar-refractivity contribution in [2.24, 2.45) is 0 Å². The quantitative estimate of drug-likeness (QED) is 0.500. The van der Waals surface area contributed by atoms with Crippen molar-refractivity contribution in [3.63, 3.8) is 0 Å². The molecule has 3 saturated heterocycles. The Kier molecular flexibility index (Phi) is 7.75. The lowest BCUT2D eigenvalue weighted by atomic mass is 9.84. The van der Waals surface area contributed by atoms with E-state index in [-0.39, 0.29) is 5.54 Å². The second-order valence-electron chi connectivity index (χ2n) is 12.2. The van der Waals surface area contributed by atoms with Crippen LogP contribution in [0.25, 0.3) is 0 Å². The molecule has 226 valence electrons. The third-order valence-electron chi connectivity index (χ3n) is 9.30. The first-order chi connectivity index (χ1) is 19.5. The number of nitrogens with one attached hydrogen (secondary N) is 1. The van der Waals surface area contributed by atoms with E-state index < -0.39 is 21.8 Å². The molecule has 41 heavy (non-hydrogen) atoms. The Morgan fingerprint density at radius 1 is 1.00 bits per heavy atom. The maximum atomic E-state index is 13.7. The van der Waals surface area contributed by atoms with Crippen molar-refractivity contribution in [3.8, 4) is 0 Å². The van der Waals surface area contributed by atoms with Crippen LogP contribution in [0.4, 0.5) is 24.7 Å². The van der Waals surface area contributed by atoms with Gasteiger partial charge in [0.05, 0.1) is 18.5 Å². The number of hydrogen-bond acceptors (Lipinski definition) is 7. The van der Waals surface area contributed by atoms with Crippen LogP contribution in [0.2, 0.25) is 0 Å². The van der Waals surface area contributed by atoms with Gasteiger partial charge in [0.2, 0.25) is 10.0 Å². The van der Waals surface area contributed by atoms with Gasteiger partial charge in [0.15, 0.2) is 5.82 Å². The van der Waals surface area contributed by atoms with E-state index in [0.29, 0.717) is 25.1 Å². The number of rotatable bonds is 8. The number of piperidine rings is 1. The molecule has 6 rings (SSSR count). The van der Waals surface area contributed by atoms with Crippen molar-refractivity contribution in [1.82, 2.24) is 24.5 Å². The van der Waals surface area contributed by atoms with Crippen LogP contribution in [0.5, 0.6) is 0 Å². The number of halogens is 3. The van der Waals surface area contributed by atoms with Crippen LogP contribution in [0.15, 0.2) is 30.5 Å². The highest BCUT2D eigenvalue weighted by Gasteiger charge is 2.43. The normalized spacial score (nSPS) is 23.0. The lowest BCUT2D eigenvalue weighted by molar-refractivity contribution is -0.137. The number of nitrogens with zero attached hydrogens (tertiary/aromatic N) is 6. The van der Waals surface area contributed by atoms with E-state index in [9.17, 15) is 21.6 Å². The molecule has 9 nitrogen and oxygen atoms in total. The summed E-state index contributed by atoms with van der Waals surface area (Å²) >= 11 is 0. The predicted molar refractivity (Wildman–Crippen MR) is 152 cm³/mol. The Bertz CT molecular complexity index is 1330. The maximum absolute atomic E-state index is 13.7. The molecule has 1 aliphatic carbocycles. The molecule has 1 spiro atoms. The minimum Gasteiger partial charge on any atom is -0.369 e. The topological polar surface area (TPSA) is 77.0 Å². The minimum absolute atomic E-state index is 0.0499. The summed E-state index contributed by atoms with van der Waals surface area (Å²) in [7, 11) is -3.37. The van der Waals surface area contributed by atoms with Crippen LogP contribution >= 0.6 is 0 Å². The molecular weight excluding hydrogens is 555 g/mol. The van der Waals surface area contributed by atoms with Crippen LogP contribution in [0.3, 0.4) is 0 Å². The fourth-order valence-corrected chi connectivity index (χ4v) is 7.44. The molecule has 13 heteroatoms. The van der Waals surface area contributed by atoms with E-state index in [0.717, 1.165) is 89.0 Å². The molecule has 0 bridgehead atoms. The standard InChI is InChI=1S/C28H40F3N7O2S/c1-41(39,40)33-26-7-12-38(32-26)21-34-13-9-27(10-14-34)8-2-11-37(27)20-22-3-4-23(28(29,30)31)19-25(22)36-17-15-35(16-18-36)24-5-6-24/h3-4,7,12,19,24H,2,5-6,8-11,13-18,20-21H2,1H3,(H,32,33). The van der Waals surface area contributed by atoms with E-state index in [2.05, 4.69) is 29.4 Å². The van der Waals surface area contributed by atoms with Gasteiger partial charge in [-0.3, -0.25) is 24.1 Å². The Morgan fingerprint density at radius 3 is 2.39 bits per heavy atom. The van der Waals surface area contributed by atoms with E-state index in [1.807, 2.05) is 0 Å². The zero-order valence-corrected chi connectivity index (χ0v) is 24.4. The first kappa shape index (κ1) is 28.8. The van der Waals surface area contributed by atoms with E-state index in [1.54, 1.807) is 23.0 Å². The van der Waals surface area contributed by atoms with Gasteiger partial charge < -0.3 is 4.90 Å². The number of hydrogen-bond donors (Lipinski definition) is 1. The zero-order valence-electron chi connectivity index (χ0n) is 23.6. The second-order valence-corrected chi connectivity index (χ2v) is 14.0. The van der Waals surface area contributed by atoms with Crippen molar-refractivity contribution in [1.29, 1.82) is 0 Å².